The van der Waals surface area contributed by atoms with E-state index in [1.807, 2.05) is 74.5 Å². The quantitative estimate of drug-likeness (QED) is 0.233. The number of para-hydroxylation sites is 1. The molecule has 6 nitrogen and oxygen atoms in total. The molecule has 0 radical (unpaired) electrons. The Kier molecular flexibility index (Phi) is 7.23. The van der Waals surface area contributed by atoms with E-state index in [1.54, 1.807) is 25.5 Å². The Morgan fingerprint density at radius 3 is 2.53 bits per heavy atom. The lowest BCUT2D eigenvalue weighted by Crippen LogP contribution is -2.18. The second-order valence-electron chi connectivity index (χ2n) is 7.84. The van der Waals surface area contributed by atoms with Crippen LogP contribution in [0.1, 0.15) is 29.8 Å². The molecule has 0 saturated heterocycles. The molecule has 0 bridgehead atoms. The van der Waals surface area contributed by atoms with E-state index in [4.69, 9.17) is 14.5 Å². The normalized spacial score (nSPS) is 11.2. The molecule has 1 aromatic heterocycles. The highest BCUT2D eigenvalue weighted by atomic mass is 79.9. The number of hydrazone groups is 1. The molecule has 0 unspecified atom stereocenters. The van der Waals surface area contributed by atoms with Crippen molar-refractivity contribution in [2.45, 2.75) is 20.0 Å². The molecule has 4 aromatic rings. The fourth-order valence-electron chi connectivity index (χ4n) is 3.51. The third-order valence-corrected chi connectivity index (χ3v) is 5.60. The maximum atomic E-state index is 13.1. The van der Waals surface area contributed by atoms with Crippen LogP contribution in [0.15, 0.2) is 82.4 Å². The summed E-state index contributed by atoms with van der Waals surface area (Å²) in [6.07, 6.45) is 1.56. The number of carbonyl (C=O) groups is 1. The highest BCUT2D eigenvalue weighted by Gasteiger charge is 2.15. The fourth-order valence-corrected chi connectivity index (χ4v) is 4.06. The Balaban J connectivity index is 1.61. The summed E-state index contributed by atoms with van der Waals surface area (Å²) in [5.41, 5.74) is 6.28. The number of nitrogens with zero attached hydrogens (tertiary/aromatic N) is 2. The number of nitrogens with one attached hydrogen (secondary N) is 1. The summed E-state index contributed by atoms with van der Waals surface area (Å²) in [4.78, 5) is 17.8. The third-order valence-electron chi connectivity index (χ3n) is 5.02. The van der Waals surface area contributed by atoms with Crippen LogP contribution in [0, 0.1) is 0 Å². The Hall–Kier alpha value is -3.71. The molecular formula is C27H24BrN3O3. The number of hydrogen-bond donors (Lipinski definition) is 1. The Labute approximate surface area is 206 Å². The van der Waals surface area contributed by atoms with Crippen LogP contribution in [0.4, 0.5) is 0 Å². The summed E-state index contributed by atoms with van der Waals surface area (Å²) >= 11 is 3.52. The number of hydrogen-bond acceptors (Lipinski definition) is 5. The number of carbonyl (C=O) groups excluding carboxylic acids is 1. The van der Waals surface area contributed by atoms with Crippen LogP contribution >= 0.6 is 15.9 Å². The summed E-state index contributed by atoms with van der Waals surface area (Å²) in [7, 11) is 1.58. The zero-order valence-electron chi connectivity index (χ0n) is 19.1. The second kappa shape index (κ2) is 10.5. The summed E-state index contributed by atoms with van der Waals surface area (Å²) < 4.78 is 12.0. The van der Waals surface area contributed by atoms with E-state index in [-0.39, 0.29) is 12.0 Å². The number of amides is 1. The Bertz CT molecular complexity index is 1350. The first-order chi connectivity index (χ1) is 16.5. The molecule has 0 saturated carbocycles. The van der Waals surface area contributed by atoms with Gasteiger partial charge in [-0.1, -0.05) is 48.5 Å². The standard InChI is InChI=1S/C27H24BrN3O3/c1-17(2)34-26-22(28)13-18(14-25(26)33-3)16-29-31-27(32)21-15-24(19-9-5-4-6-10-19)30-23-12-8-7-11-20(21)23/h4-17H,1-3H3,(H,31,32)/b29-16-. The van der Waals surface area contributed by atoms with Gasteiger partial charge in [-0.3, -0.25) is 4.79 Å². The maximum Gasteiger partial charge on any atom is 0.272 e. The van der Waals surface area contributed by atoms with Crippen LogP contribution in [0.2, 0.25) is 0 Å². The van der Waals surface area contributed by atoms with Crippen molar-refractivity contribution >= 4 is 39.0 Å². The zero-order chi connectivity index (χ0) is 24.1. The van der Waals surface area contributed by atoms with Crippen LogP contribution < -0.4 is 14.9 Å². The van der Waals surface area contributed by atoms with Crippen molar-refractivity contribution in [1.82, 2.24) is 10.4 Å². The average Bonchev–Trinajstić information content (AvgIpc) is 2.85. The predicted octanol–water partition coefficient (Wildman–Crippen LogP) is 6.22. The first-order valence-electron chi connectivity index (χ1n) is 10.8. The molecule has 0 aliphatic heterocycles. The number of pyridine rings is 1. The molecule has 1 heterocycles. The highest BCUT2D eigenvalue weighted by molar-refractivity contribution is 9.10. The largest absolute Gasteiger partial charge is 0.493 e. The van der Waals surface area contributed by atoms with Crippen molar-refractivity contribution in [3.63, 3.8) is 0 Å². The lowest BCUT2D eigenvalue weighted by atomic mass is 10.0. The Morgan fingerprint density at radius 2 is 1.79 bits per heavy atom. The molecule has 1 amide bonds. The molecule has 1 N–H and O–H groups in total. The van der Waals surface area contributed by atoms with Crippen LogP contribution in [0.3, 0.4) is 0 Å². The number of ether oxygens (including phenoxy) is 2. The molecule has 0 aliphatic carbocycles. The van der Waals surface area contributed by atoms with Crippen LogP contribution in [-0.2, 0) is 0 Å². The fraction of sp³-hybridized carbons (Fsp3) is 0.148. The lowest BCUT2D eigenvalue weighted by Gasteiger charge is -2.15. The minimum absolute atomic E-state index is 0.0000301. The van der Waals surface area contributed by atoms with Crippen molar-refractivity contribution in [3.05, 3.63) is 88.4 Å². The molecule has 3 aromatic carbocycles. The van der Waals surface area contributed by atoms with E-state index in [1.165, 1.54) is 0 Å². The van der Waals surface area contributed by atoms with Gasteiger partial charge in [-0.15, -0.1) is 0 Å². The van der Waals surface area contributed by atoms with E-state index < -0.39 is 0 Å². The van der Waals surface area contributed by atoms with Crippen molar-refractivity contribution in [1.29, 1.82) is 0 Å². The molecule has 172 valence electrons. The van der Waals surface area contributed by atoms with Gasteiger partial charge in [0.1, 0.15) is 0 Å². The lowest BCUT2D eigenvalue weighted by molar-refractivity contribution is 0.0956. The van der Waals surface area contributed by atoms with Crippen LogP contribution in [0.5, 0.6) is 11.5 Å². The Morgan fingerprint density at radius 1 is 1.06 bits per heavy atom. The number of benzene rings is 3. The molecule has 4 rings (SSSR count). The van der Waals surface area contributed by atoms with Gasteiger partial charge < -0.3 is 9.47 Å². The topological polar surface area (TPSA) is 72.8 Å². The van der Waals surface area contributed by atoms with Gasteiger partial charge in [0.2, 0.25) is 0 Å². The summed E-state index contributed by atoms with van der Waals surface area (Å²) in [6, 6.07) is 22.8. The van der Waals surface area contributed by atoms with Gasteiger partial charge in [0, 0.05) is 10.9 Å². The predicted molar refractivity (Wildman–Crippen MR) is 139 cm³/mol. The molecular weight excluding hydrogens is 494 g/mol. The number of halogens is 1. The van der Waals surface area contributed by atoms with Crippen molar-refractivity contribution in [3.8, 4) is 22.8 Å². The maximum absolute atomic E-state index is 13.1. The molecule has 0 aliphatic rings. The highest BCUT2D eigenvalue weighted by Crippen LogP contribution is 2.37. The van der Waals surface area contributed by atoms with E-state index in [2.05, 4.69) is 26.5 Å². The number of rotatable bonds is 7. The van der Waals surface area contributed by atoms with E-state index in [0.717, 1.165) is 32.2 Å². The minimum Gasteiger partial charge on any atom is -0.493 e. The van der Waals surface area contributed by atoms with Gasteiger partial charge in [0.05, 0.1) is 40.7 Å². The molecule has 0 atom stereocenters. The number of methoxy groups -OCH3 is 1. The van der Waals surface area contributed by atoms with Gasteiger partial charge >= 0.3 is 0 Å². The van der Waals surface area contributed by atoms with E-state index in [0.29, 0.717) is 17.1 Å². The number of aromatic nitrogens is 1. The van der Waals surface area contributed by atoms with Crippen molar-refractivity contribution in [2.24, 2.45) is 5.10 Å². The van der Waals surface area contributed by atoms with Gasteiger partial charge in [0.25, 0.3) is 5.91 Å². The molecule has 7 heteroatoms. The minimum atomic E-state index is -0.321. The average molecular weight is 518 g/mol. The summed E-state index contributed by atoms with van der Waals surface area (Å²) in [5, 5.41) is 4.93. The SMILES string of the molecule is COc1cc(/C=N\NC(=O)c2cc(-c3ccccc3)nc3ccccc23)cc(Br)c1OC(C)C. The third kappa shape index (κ3) is 5.26. The van der Waals surface area contributed by atoms with Crippen molar-refractivity contribution in [2.75, 3.05) is 7.11 Å². The number of fused-ring (bicyclic) bond motifs is 1. The van der Waals surface area contributed by atoms with Crippen LogP contribution in [0.25, 0.3) is 22.2 Å². The van der Waals surface area contributed by atoms with Gasteiger partial charge in [-0.2, -0.15) is 5.10 Å². The first-order valence-corrected chi connectivity index (χ1v) is 11.6. The zero-order valence-corrected chi connectivity index (χ0v) is 20.7. The van der Waals surface area contributed by atoms with E-state index in [9.17, 15) is 4.79 Å². The molecule has 0 spiro atoms. The first kappa shape index (κ1) is 23.4. The van der Waals surface area contributed by atoms with Gasteiger partial charge in [-0.25, -0.2) is 10.4 Å². The monoisotopic (exact) mass is 517 g/mol. The summed E-state index contributed by atoms with van der Waals surface area (Å²) in [6.45, 7) is 3.89. The van der Waals surface area contributed by atoms with E-state index >= 15 is 0 Å². The van der Waals surface area contributed by atoms with Gasteiger partial charge in [-0.05, 0) is 59.6 Å². The molecule has 0 fully saturated rings. The summed E-state index contributed by atoms with van der Waals surface area (Å²) in [5.74, 6) is 0.872. The smallest absolute Gasteiger partial charge is 0.272 e. The van der Waals surface area contributed by atoms with Gasteiger partial charge in [0.15, 0.2) is 11.5 Å². The second-order valence-corrected chi connectivity index (χ2v) is 8.69. The van der Waals surface area contributed by atoms with Crippen molar-refractivity contribution < 1.29 is 14.3 Å². The molecule has 34 heavy (non-hydrogen) atoms. The van der Waals surface area contributed by atoms with Crippen LogP contribution in [-0.4, -0.2) is 30.3 Å².